The molecule has 0 amide bonds. The van der Waals surface area contributed by atoms with Gasteiger partial charge in [0.1, 0.15) is 16.7 Å². The van der Waals surface area contributed by atoms with Crippen LogP contribution in [-0.4, -0.2) is 24.8 Å². The van der Waals surface area contributed by atoms with Gasteiger partial charge in [0.25, 0.3) is 0 Å². The summed E-state index contributed by atoms with van der Waals surface area (Å²) in [5.41, 5.74) is 1.25. The molecule has 6 heteroatoms. The Morgan fingerprint density at radius 3 is 2.26 bits per heavy atom. The Morgan fingerprint density at radius 2 is 1.74 bits per heavy atom. The van der Waals surface area contributed by atoms with Crippen molar-refractivity contribution in [2.24, 2.45) is 0 Å². The highest BCUT2D eigenvalue weighted by Crippen LogP contribution is 2.32. The van der Waals surface area contributed by atoms with E-state index in [1.807, 2.05) is 24.3 Å². The largest absolute Gasteiger partial charge is 0.497 e. The third kappa shape index (κ3) is 4.27. The van der Waals surface area contributed by atoms with Gasteiger partial charge in [-0.25, -0.2) is 0 Å². The van der Waals surface area contributed by atoms with Crippen molar-refractivity contribution < 1.29 is 14.3 Å². The van der Waals surface area contributed by atoms with Crippen molar-refractivity contribution in [2.45, 2.75) is 10.9 Å². The van der Waals surface area contributed by atoms with E-state index in [9.17, 15) is 4.79 Å². The number of halogens is 3. The summed E-state index contributed by atoms with van der Waals surface area (Å²) in [5, 5.41) is 0.799. The number of benzene rings is 2. The van der Waals surface area contributed by atoms with Crippen LogP contribution in [0.1, 0.15) is 22.0 Å². The van der Waals surface area contributed by atoms with Gasteiger partial charge in [-0.15, -0.1) is 0 Å². The molecule has 3 nitrogen and oxygen atoms in total. The maximum atomic E-state index is 12.7. The van der Waals surface area contributed by atoms with E-state index in [1.54, 1.807) is 32.4 Å². The minimum atomic E-state index is -0.584. The van der Waals surface area contributed by atoms with Crippen LogP contribution in [0.4, 0.5) is 0 Å². The van der Waals surface area contributed by atoms with Crippen molar-refractivity contribution in [3.63, 3.8) is 0 Å². The maximum Gasteiger partial charge on any atom is 0.180 e. The molecule has 0 unspecified atom stereocenters. The number of rotatable bonds is 6. The summed E-state index contributed by atoms with van der Waals surface area (Å²) in [4.78, 5) is 12.1. The Morgan fingerprint density at radius 1 is 1.09 bits per heavy atom. The molecule has 0 heterocycles. The molecule has 2 aromatic carbocycles. The van der Waals surface area contributed by atoms with Gasteiger partial charge in [-0.3, -0.25) is 4.79 Å². The molecule has 122 valence electrons. The molecule has 0 radical (unpaired) electrons. The topological polar surface area (TPSA) is 35.5 Å². The van der Waals surface area contributed by atoms with Crippen molar-refractivity contribution in [3.8, 4) is 5.75 Å². The van der Waals surface area contributed by atoms with Gasteiger partial charge in [-0.2, -0.15) is 0 Å². The van der Waals surface area contributed by atoms with E-state index in [2.05, 4.69) is 15.9 Å². The van der Waals surface area contributed by atoms with Crippen LogP contribution >= 0.6 is 39.1 Å². The summed E-state index contributed by atoms with van der Waals surface area (Å²) in [5.74, 6) is 0.566. The van der Waals surface area contributed by atoms with Crippen LogP contribution in [0.2, 0.25) is 10.0 Å². The van der Waals surface area contributed by atoms with Crippen molar-refractivity contribution in [3.05, 3.63) is 63.6 Å². The molecule has 0 fully saturated rings. The molecule has 0 aromatic heterocycles. The fraction of sp³-hybridized carbons (Fsp3) is 0.235. The molecule has 0 spiro atoms. The highest BCUT2D eigenvalue weighted by atomic mass is 79.9. The molecule has 0 aliphatic rings. The van der Waals surface area contributed by atoms with Crippen LogP contribution in [-0.2, 0) is 4.74 Å². The predicted octanol–water partition coefficient (Wildman–Crippen LogP) is 5.34. The lowest BCUT2D eigenvalue weighted by molar-refractivity contribution is 0.0770. The van der Waals surface area contributed by atoms with Crippen molar-refractivity contribution in [2.75, 3.05) is 14.2 Å². The minimum Gasteiger partial charge on any atom is -0.497 e. The van der Waals surface area contributed by atoms with E-state index >= 15 is 0 Å². The zero-order valence-electron chi connectivity index (χ0n) is 12.6. The van der Waals surface area contributed by atoms with Gasteiger partial charge in [-0.05, 0) is 35.9 Å². The SMILES string of the molecule is COc1ccc([C@@H](OC)[C@@H](Br)C(=O)c2ccc(Cl)cc2Cl)cc1. The van der Waals surface area contributed by atoms with E-state index in [0.717, 1.165) is 11.3 Å². The van der Waals surface area contributed by atoms with Crippen LogP contribution in [0.5, 0.6) is 5.75 Å². The Labute approximate surface area is 153 Å². The molecule has 2 rings (SSSR count). The fourth-order valence-corrected chi connectivity index (χ4v) is 3.46. The van der Waals surface area contributed by atoms with Gasteiger partial charge in [0, 0.05) is 17.7 Å². The second-order valence-corrected chi connectivity index (χ2v) is 6.65. The minimum absolute atomic E-state index is 0.172. The van der Waals surface area contributed by atoms with Crippen LogP contribution in [0.3, 0.4) is 0 Å². The Bertz CT molecular complexity index is 689. The first-order valence-corrected chi connectivity index (χ1v) is 8.45. The Balaban J connectivity index is 2.27. The summed E-state index contributed by atoms with van der Waals surface area (Å²) < 4.78 is 10.6. The van der Waals surface area contributed by atoms with E-state index in [-0.39, 0.29) is 5.78 Å². The lowest BCUT2D eigenvalue weighted by atomic mass is 9.99. The van der Waals surface area contributed by atoms with Gasteiger partial charge in [0.2, 0.25) is 0 Å². The average molecular weight is 418 g/mol. The molecular weight excluding hydrogens is 403 g/mol. The van der Waals surface area contributed by atoms with Gasteiger partial charge in [0.05, 0.1) is 12.1 Å². The average Bonchev–Trinajstić information content (AvgIpc) is 2.55. The van der Waals surface area contributed by atoms with Crippen molar-refractivity contribution in [1.29, 1.82) is 0 Å². The summed E-state index contributed by atoms with van der Waals surface area (Å²) in [6.07, 6.45) is -0.458. The zero-order valence-corrected chi connectivity index (χ0v) is 15.7. The van der Waals surface area contributed by atoms with Crippen LogP contribution in [0, 0.1) is 0 Å². The number of hydrogen-bond acceptors (Lipinski definition) is 3. The van der Waals surface area contributed by atoms with Gasteiger partial charge in [0.15, 0.2) is 5.78 Å². The highest BCUT2D eigenvalue weighted by molar-refractivity contribution is 9.10. The molecule has 0 bridgehead atoms. The molecule has 2 aromatic rings. The Hall–Kier alpha value is -1.07. The van der Waals surface area contributed by atoms with E-state index in [0.29, 0.717) is 15.6 Å². The van der Waals surface area contributed by atoms with Gasteiger partial charge in [-0.1, -0.05) is 51.3 Å². The molecule has 0 aliphatic carbocycles. The fourth-order valence-electron chi connectivity index (χ4n) is 2.19. The van der Waals surface area contributed by atoms with E-state index < -0.39 is 10.9 Å². The number of ketones is 1. The van der Waals surface area contributed by atoms with E-state index in [1.165, 1.54) is 0 Å². The zero-order chi connectivity index (χ0) is 17.0. The number of methoxy groups -OCH3 is 2. The van der Waals surface area contributed by atoms with Crippen LogP contribution in [0.25, 0.3) is 0 Å². The normalized spacial score (nSPS) is 13.4. The summed E-state index contributed by atoms with van der Waals surface area (Å²) in [7, 11) is 3.15. The molecule has 2 atom stereocenters. The first-order chi connectivity index (χ1) is 11.0. The highest BCUT2D eigenvalue weighted by Gasteiger charge is 2.29. The molecule has 0 saturated carbocycles. The number of alkyl halides is 1. The third-order valence-corrected chi connectivity index (χ3v) is 4.85. The quantitative estimate of drug-likeness (QED) is 0.470. The second kappa shape index (κ2) is 8.15. The number of ether oxygens (including phenoxy) is 2. The first-order valence-electron chi connectivity index (χ1n) is 6.78. The standard InChI is InChI=1S/C17H15BrCl2O3/c1-22-12-6-3-10(4-7-12)17(23-2)15(18)16(21)13-8-5-11(19)9-14(13)20/h3-9,15,17H,1-2H3/t15-,17+/m0/s1. The number of carbonyl (C=O) groups is 1. The smallest absolute Gasteiger partial charge is 0.180 e. The molecule has 0 aliphatic heterocycles. The lowest BCUT2D eigenvalue weighted by Gasteiger charge is -2.21. The number of carbonyl (C=O) groups excluding carboxylic acids is 1. The molecule has 0 N–H and O–H groups in total. The predicted molar refractivity (Wildman–Crippen MR) is 96.3 cm³/mol. The molecular formula is C17H15BrCl2O3. The van der Waals surface area contributed by atoms with E-state index in [4.69, 9.17) is 32.7 Å². The summed E-state index contributed by atoms with van der Waals surface area (Å²) >= 11 is 15.4. The monoisotopic (exact) mass is 416 g/mol. The van der Waals surface area contributed by atoms with Crippen molar-refractivity contribution in [1.82, 2.24) is 0 Å². The first kappa shape index (κ1) is 18.3. The number of Topliss-reactive ketones (excluding diaryl/α,β-unsaturated/α-hetero) is 1. The Kier molecular flexibility index (Phi) is 6.48. The van der Waals surface area contributed by atoms with Gasteiger partial charge >= 0.3 is 0 Å². The van der Waals surface area contributed by atoms with Gasteiger partial charge < -0.3 is 9.47 Å². The maximum absolute atomic E-state index is 12.7. The summed E-state index contributed by atoms with van der Waals surface area (Å²) in [6.45, 7) is 0. The van der Waals surface area contributed by atoms with Crippen LogP contribution < -0.4 is 4.74 Å². The molecule has 0 saturated heterocycles. The second-order valence-electron chi connectivity index (χ2n) is 4.82. The van der Waals surface area contributed by atoms with Crippen LogP contribution in [0.15, 0.2) is 42.5 Å². The number of hydrogen-bond donors (Lipinski definition) is 0. The lowest BCUT2D eigenvalue weighted by Crippen LogP contribution is -2.24. The molecule has 23 heavy (non-hydrogen) atoms. The van der Waals surface area contributed by atoms with Crippen molar-refractivity contribution >= 4 is 44.9 Å². The third-order valence-electron chi connectivity index (χ3n) is 3.41. The summed E-state index contributed by atoms with van der Waals surface area (Å²) in [6, 6.07) is 12.2.